The van der Waals surface area contributed by atoms with E-state index < -0.39 is 0 Å². The summed E-state index contributed by atoms with van der Waals surface area (Å²) in [6, 6.07) is 16.0. The van der Waals surface area contributed by atoms with Crippen LogP contribution in [0.4, 0.5) is 0 Å². The van der Waals surface area contributed by atoms with E-state index in [1.807, 2.05) is 30.3 Å². The largest absolute Gasteiger partial charge is 0.357 e. The summed E-state index contributed by atoms with van der Waals surface area (Å²) in [6.45, 7) is 4.37. The predicted molar refractivity (Wildman–Crippen MR) is 141 cm³/mol. The molecule has 0 bridgehead atoms. The Bertz CT molecular complexity index is 971. The molecule has 8 heteroatoms. The minimum absolute atomic E-state index is 0. The molecule has 1 amide bonds. The Hall–Kier alpha value is -2.20. The molecule has 0 spiro atoms. The second kappa shape index (κ2) is 13.3. The van der Waals surface area contributed by atoms with Gasteiger partial charge in [0.2, 0.25) is 0 Å². The number of carbonyl (C=O) groups excluding carboxylic acids is 1. The molecule has 0 atom stereocenters. The Labute approximate surface area is 205 Å². The van der Waals surface area contributed by atoms with Crippen molar-refractivity contribution in [1.29, 1.82) is 0 Å². The molecule has 1 heterocycles. The number of nitrogens with zero attached hydrogens (tertiary/aromatic N) is 2. The molecule has 31 heavy (non-hydrogen) atoms. The maximum atomic E-state index is 11.8. The maximum Gasteiger partial charge on any atom is 0.251 e. The molecule has 0 unspecified atom stereocenters. The number of thiazole rings is 1. The number of para-hydroxylation sites is 1. The summed E-state index contributed by atoms with van der Waals surface area (Å²) in [4.78, 5) is 21.1. The predicted octanol–water partition coefficient (Wildman–Crippen LogP) is 4.00. The first-order chi connectivity index (χ1) is 14.7. The number of guanidine groups is 1. The van der Waals surface area contributed by atoms with Gasteiger partial charge < -0.3 is 16.0 Å². The van der Waals surface area contributed by atoms with Crippen LogP contribution in [0.5, 0.6) is 0 Å². The Balaban J connectivity index is 0.00000341. The normalized spacial score (nSPS) is 11.1. The zero-order valence-corrected chi connectivity index (χ0v) is 21.1. The van der Waals surface area contributed by atoms with E-state index in [4.69, 9.17) is 0 Å². The number of rotatable bonds is 9. The van der Waals surface area contributed by atoms with Crippen molar-refractivity contribution in [3.8, 4) is 0 Å². The van der Waals surface area contributed by atoms with E-state index in [9.17, 15) is 4.79 Å². The lowest BCUT2D eigenvalue weighted by atomic mass is 10.1. The Kier molecular flexibility index (Phi) is 10.7. The van der Waals surface area contributed by atoms with Gasteiger partial charge in [-0.3, -0.25) is 9.79 Å². The van der Waals surface area contributed by atoms with Crippen molar-refractivity contribution in [2.75, 3.05) is 26.7 Å². The second-order valence-corrected chi connectivity index (χ2v) is 8.01. The van der Waals surface area contributed by atoms with Crippen molar-refractivity contribution in [3.05, 3.63) is 64.7 Å². The smallest absolute Gasteiger partial charge is 0.251 e. The topological polar surface area (TPSA) is 78.4 Å². The molecular weight excluding hydrogens is 521 g/mol. The molecule has 166 valence electrons. The molecule has 3 rings (SSSR count). The van der Waals surface area contributed by atoms with Gasteiger partial charge in [-0.1, -0.05) is 24.3 Å². The van der Waals surface area contributed by atoms with Crippen LogP contribution in [0.2, 0.25) is 0 Å². The van der Waals surface area contributed by atoms with Gasteiger partial charge >= 0.3 is 0 Å². The molecule has 0 fully saturated rings. The van der Waals surface area contributed by atoms with Crippen molar-refractivity contribution in [3.63, 3.8) is 0 Å². The molecule has 1 aromatic heterocycles. The lowest BCUT2D eigenvalue weighted by Crippen LogP contribution is -2.38. The quantitative estimate of drug-likeness (QED) is 0.163. The number of aliphatic imine (C=N–C) groups is 1. The van der Waals surface area contributed by atoms with E-state index >= 15 is 0 Å². The number of hydrogen-bond donors (Lipinski definition) is 3. The zero-order chi connectivity index (χ0) is 21.2. The number of amides is 1. The third-order valence-electron chi connectivity index (χ3n) is 4.62. The Morgan fingerprint density at radius 3 is 2.71 bits per heavy atom. The van der Waals surface area contributed by atoms with Crippen LogP contribution in [0.1, 0.15) is 34.3 Å². The lowest BCUT2D eigenvalue weighted by molar-refractivity contribution is 0.0963. The van der Waals surface area contributed by atoms with Gasteiger partial charge in [0, 0.05) is 38.7 Å². The van der Waals surface area contributed by atoms with Gasteiger partial charge in [-0.15, -0.1) is 35.3 Å². The van der Waals surface area contributed by atoms with E-state index in [0.29, 0.717) is 5.56 Å². The van der Waals surface area contributed by atoms with Crippen LogP contribution < -0.4 is 16.0 Å². The van der Waals surface area contributed by atoms with Crippen LogP contribution in [0.25, 0.3) is 10.2 Å². The van der Waals surface area contributed by atoms with Crippen molar-refractivity contribution >= 4 is 57.4 Å². The number of aromatic nitrogens is 1. The van der Waals surface area contributed by atoms with Gasteiger partial charge in [-0.2, -0.15) is 0 Å². The van der Waals surface area contributed by atoms with Gasteiger partial charge in [0.25, 0.3) is 5.91 Å². The summed E-state index contributed by atoms with van der Waals surface area (Å²) in [6.07, 6.45) is 2.72. The van der Waals surface area contributed by atoms with Crippen LogP contribution >= 0.6 is 35.3 Å². The average Bonchev–Trinajstić information content (AvgIpc) is 3.19. The van der Waals surface area contributed by atoms with Gasteiger partial charge in [0.1, 0.15) is 0 Å². The van der Waals surface area contributed by atoms with Gasteiger partial charge in [0.05, 0.1) is 15.2 Å². The average molecular weight is 551 g/mol. The van der Waals surface area contributed by atoms with Gasteiger partial charge in [-0.25, -0.2) is 4.98 Å². The van der Waals surface area contributed by atoms with E-state index in [1.54, 1.807) is 18.4 Å². The number of nitrogens with one attached hydrogen (secondary N) is 3. The molecule has 0 aliphatic heterocycles. The van der Waals surface area contributed by atoms with Crippen LogP contribution in [0.15, 0.2) is 53.5 Å². The summed E-state index contributed by atoms with van der Waals surface area (Å²) in [5.74, 6) is 0.761. The molecule has 0 aliphatic carbocycles. The van der Waals surface area contributed by atoms with Crippen LogP contribution in [0.3, 0.4) is 0 Å². The highest BCUT2D eigenvalue weighted by Crippen LogP contribution is 2.22. The molecule has 0 saturated carbocycles. The van der Waals surface area contributed by atoms with Crippen LogP contribution in [-0.4, -0.2) is 43.5 Å². The summed E-state index contributed by atoms with van der Waals surface area (Å²) >= 11 is 1.76. The lowest BCUT2D eigenvalue weighted by Gasteiger charge is -2.11. The molecule has 0 saturated heterocycles. The van der Waals surface area contributed by atoms with Gasteiger partial charge in [0.15, 0.2) is 5.96 Å². The first kappa shape index (κ1) is 25.1. The fourth-order valence-electron chi connectivity index (χ4n) is 3.13. The van der Waals surface area contributed by atoms with E-state index in [2.05, 4.69) is 51.0 Å². The summed E-state index contributed by atoms with van der Waals surface area (Å²) in [5.41, 5.74) is 2.89. The van der Waals surface area contributed by atoms with Crippen molar-refractivity contribution in [2.45, 2.75) is 26.2 Å². The molecule has 6 nitrogen and oxygen atoms in total. The van der Waals surface area contributed by atoms with Crippen LogP contribution in [0, 0.1) is 0 Å². The maximum absolute atomic E-state index is 11.8. The van der Waals surface area contributed by atoms with E-state index in [-0.39, 0.29) is 29.9 Å². The number of fused-ring (bicyclic) bond motifs is 1. The van der Waals surface area contributed by atoms with Crippen molar-refractivity contribution in [2.24, 2.45) is 4.99 Å². The highest BCUT2D eigenvalue weighted by molar-refractivity contribution is 14.0. The fraction of sp³-hybridized carbons (Fsp3) is 0.348. The molecule has 3 N–H and O–H groups in total. The number of carbonyl (C=O) groups is 1. The number of aryl methyl sites for hydroxylation is 1. The molecular formula is C23H30IN5OS. The minimum atomic E-state index is -0.0622. The molecule has 0 radical (unpaired) electrons. The van der Waals surface area contributed by atoms with Crippen molar-refractivity contribution < 1.29 is 4.79 Å². The third-order valence-corrected chi connectivity index (χ3v) is 5.72. The number of hydrogen-bond acceptors (Lipinski definition) is 4. The first-order valence-corrected chi connectivity index (χ1v) is 11.2. The highest BCUT2D eigenvalue weighted by atomic mass is 127. The standard InChI is InChI=1S/C23H29N5OS.HI/c1-3-25-23(27-15-13-17-8-6-9-18(16-17)22(29)24-2)26-14-7-12-21-28-19-10-4-5-11-20(19)30-21;/h4-6,8-11,16H,3,7,12-15H2,1-2H3,(H,24,29)(H2,25,26,27);1H. The Morgan fingerprint density at radius 2 is 1.94 bits per heavy atom. The SMILES string of the molecule is CCNC(=NCCCc1nc2ccccc2s1)NCCc1cccc(C(=O)NC)c1.I. The minimum Gasteiger partial charge on any atom is -0.357 e. The Morgan fingerprint density at radius 1 is 1.10 bits per heavy atom. The first-order valence-electron chi connectivity index (χ1n) is 10.4. The highest BCUT2D eigenvalue weighted by Gasteiger charge is 2.05. The van der Waals surface area contributed by atoms with E-state index in [0.717, 1.165) is 55.9 Å². The molecule has 3 aromatic rings. The fourth-order valence-corrected chi connectivity index (χ4v) is 4.14. The van der Waals surface area contributed by atoms with Gasteiger partial charge in [-0.05, 0) is 49.6 Å². The molecule has 0 aliphatic rings. The number of benzene rings is 2. The van der Waals surface area contributed by atoms with Crippen molar-refractivity contribution in [1.82, 2.24) is 20.9 Å². The van der Waals surface area contributed by atoms with E-state index in [1.165, 1.54) is 9.71 Å². The summed E-state index contributed by atoms with van der Waals surface area (Å²) in [7, 11) is 1.65. The monoisotopic (exact) mass is 551 g/mol. The summed E-state index contributed by atoms with van der Waals surface area (Å²) < 4.78 is 1.24. The molecule has 2 aromatic carbocycles. The zero-order valence-electron chi connectivity index (χ0n) is 18.0. The van der Waals surface area contributed by atoms with Crippen LogP contribution in [-0.2, 0) is 12.8 Å². The number of halogens is 1. The second-order valence-electron chi connectivity index (χ2n) is 6.90. The summed E-state index contributed by atoms with van der Waals surface area (Å²) in [5, 5.41) is 10.5. The third kappa shape index (κ3) is 7.77.